The summed E-state index contributed by atoms with van der Waals surface area (Å²) in [5.41, 5.74) is 0.0790. The Labute approximate surface area is 78.1 Å². The van der Waals surface area contributed by atoms with Gasteiger partial charge in [-0.25, -0.2) is 0 Å². The van der Waals surface area contributed by atoms with Crippen LogP contribution in [0, 0.1) is 17.3 Å². The van der Waals surface area contributed by atoms with Gasteiger partial charge in [-0.3, -0.25) is 4.79 Å². The molecule has 1 aliphatic heterocycles. The van der Waals surface area contributed by atoms with Gasteiger partial charge in [0.15, 0.2) is 0 Å². The molecule has 0 amide bonds. The molecule has 13 heavy (non-hydrogen) atoms. The van der Waals surface area contributed by atoms with E-state index < -0.39 is 5.97 Å². The summed E-state index contributed by atoms with van der Waals surface area (Å²) in [6.07, 6.45) is 2.95. The summed E-state index contributed by atoms with van der Waals surface area (Å²) in [5, 5.41) is 8.89. The van der Waals surface area contributed by atoms with Gasteiger partial charge >= 0.3 is 5.97 Å². The minimum atomic E-state index is -0.617. The fraction of sp³-hybridized carbons (Fsp3) is 0.900. The number of hydrogen-bond acceptors (Lipinski definition) is 2. The van der Waals surface area contributed by atoms with Crippen molar-refractivity contribution in [2.24, 2.45) is 17.3 Å². The highest BCUT2D eigenvalue weighted by Gasteiger charge is 2.58. The highest BCUT2D eigenvalue weighted by Crippen LogP contribution is 2.59. The molecule has 3 heteroatoms. The second kappa shape index (κ2) is 2.98. The van der Waals surface area contributed by atoms with E-state index in [4.69, 9.17) is 9.84 Å². The second-order valence-electron chi connectivity index (χ2n) is 4.49. The monoisotopic (exact) mass is 184 g/mol. The fourth-order valence-corrected chi connectivity index (χ4v) is 2.56. The summed E-state index contributed by atoms with van der Waals surface area (Å²) < 4.78 is 5.27. The zero-order valence-electron chi connectivity index (χ0n) is 7.95. The van der Waals surface area contributed by atoms with Crippen molar-refractivity contribution in [2.75, 3.05) is 13.2 Å². The van der Waals surface area contributed by atoms with Crippen LogP contribution in [0.2, 0.25) is 0 Å². The third-order valence-corrected chi connectivity index (χ3v) is 3.73. The van der Waals surface area contributed by atoms with Gasteiger partial charge in [0.25, 0.3) is 0 Å². The summed E-state index contributed by atoms with van der Waals surface area (Å²) in [6.45, 7) is 3.74. The molecule has 0 aromatic carbocycles. The topological polar surface area (TPSA) is 46.5 Å². The first kappa shape index (κ1) is 9.00. The summed E-state index contributed by atoms with van der Waals surface area (Å²) in [6, 6.07) is 0. The lowest BCUT2D eigenvalue weighted by atomic mass is 9.83. The lowest BCUT2D eigenvalue weighted by molar-refractivity contribution is -0.139. The van der Waals surface area contributed by atoms with Crippen molar-refractivity contribution in [2.45, 2.75) is 26.2 Å². The van der Waals surface area contributed by atoms with Crippen LogP contribution in [-0.4, -0.2) is 24.3 Å². The molecule has 2 fully saturated rings. The molecular formula is C10H16O3. The predicted octanol–water partition coefficient (Wildman–Crippen LogP) is 1.52. The molecule has 2 atom stereocenters. The predicted molar refractivity (Wildman–Crippen MR) is 47.4 cm³/mol. The van der Waals surface area contributed by atoms with Crippen molar-refractivity contribution in [3.8, 4) is 0 Å². The van der Waals surface area contributed by atoms with E-state index >= 15 is 0 Å². The molecule has 0 bridgehead atoms. The molecule has 74 valence electrons. The number of rotatable bonds is 2. The van der Waals surface area contributed by atoms with E-state index in [1.807, 2.05) is 0 Å². The van der Waals surface area contributed by atoms with E-state index in [2.05, 4.69) is 6.92 Å². The van der Waals surface area contributed by atoms with Crippen LogP contribution in [0.3, 0.4) is 0 Å². The Morgan fingerprint density at radius 3 is 2.54 bits per heavy atom. The molecule has 1 saturated carbocycles. The Hall–Kier alpha value is -0.570. The van der Waals surface area contributed by atoms with Crippen molar-refractivity contribution in [1.29, 1.82) is 0 Å². The lowest BCUT2D eigenvalue weighted by Crippen LogP contribution is -2.25. The highest BCUT2D eigenvalue weighted by atomic mass is 16.5. The van der Waals surface area contributed by atoms with Crippen molar-refractivity contribution in [3.63, 3.8) is 0 Å². The van der Waals surface area contributed by atoms with Gasteiger partial charge < -0.3 is 9.84 Å². The minimum Gasteiger partial charge on any atom is -0.481 e. The van der Waals surface area contributed by atoms with E-state index in [0.717, 1.165) is 32.5 Å². The van der Waals surface area contributed by atoms with Crippen LogP contribution < -0.4 is 0 Å². The van der Waals surface area contributed by atoms with E-state index in [0.29, 0.717) is 5.92 Å². The van der Waals surface area contributed by atoms with Crippen molar-refractivity contribution in [1.82, 2.24) is 0 Å². The number of hydrogen-bond donors (Lipinski definition) is 1. The maximum atomic E-state index is 10.8. The first-order chi connectivity index (χ1) is 6.14. The molecular weight excluding hydrogens is 168 g/mol. The summed E-state index contributed by atoms with van der Waals surface area (Å²) in [5.74, 6) is -0.132. The Kier molecular flexibility index (Phi) is 2.06. The summed E-state index contributed by atoms with van der Waals surface area (Å²) in [4.78, 5) is 10.8. The smallest absolute Gasteiger partial charge is 0.307 e. The van der Waals surface area contributed by atoms with E-state index in [9.17, 15) is 4.79 Å². The lowest BCUT2D eigenvalue weighted by Gasteiger charge is -2.28. The van der Waals surface area contributed by atoms with Crippen LogP contribution in [-0.2, 0) is 9.53 Å². The summed E-state index contributed by atoms with van der Waals surface area (Å²) >= 11 is 0. The Bertz CT molecular complexity index is 220. The van der Waals surface area contributed by atoms with Gasteiger partial charge in [0.2, 0.25) is 0 Å². The van der Waals surface area contributed by atoms with Crippen LogP contribution in [0.25, 0.3) is 0 Å². The van der Waals surface area contributed by atoms with Gasteiger partial charge in [0, 0.05) is 13.2 Å². The first-order valence-corrected chi connectivity index (χ1v) is 4.95. The van der Waals surface area contributed by atoms with Gasteiger partial charge in [-0.05, 0) is 30.6 Å². The SMILES string of the molecule is C[C@]1(C2CCOCC2)C[C@@H]1C(=O)O. The average Bonchev–Trinajstić information content (AvgIpc) is 2.82. The van der Waals surface area contributed by atoms with Gasteiger partial charge in [-0.15, -0.1) is 0 Å². The van der Waals surface area contributed by atoms with E-state index in [1.165, 1.54) is 0 Å². The molecule has 3 nitrogen and oxygen atoms in total. The Morgan fingerprint density at radius 2 is 2.08 bits per heavy atom. The molecule has 1 heterocycles. The van der Waals surface area contributed by atoms with Crippen LogP contribution in [0.15, 0.2) is 0 Å². The highest BCUT2D eigenvalue weighted by molar-refractivity contribution is 5.74. The Morgan fingerprint density at radius 1 is 1.46 bits per heavy atom. The molecule has 0 radical (unpaired) electrons. The van der Waals surface area contributed by atoms with Crippen molar-refractivity contribution < 1.29 is 14.6 Å². The Balaban J connectivity index is 1.97. The molecule has 0 aromatic heterocycles. The van der Waals surface area contributed by atoms with Crippen LogP contribution >= 0.6 is 0 Å². The third-order valence-electron chi connectivity index (χ3n) is 3.73. The number of carbonyl (C=O) groups is 1. The van der Waals surface area contributed by atoms with Gasteiger partial charge in [-0.2, -0.15) is 0 Å². The van der Waals surface area contributed by atoms with Crippen LogP contribution in [0.1, 0.15) is 26.2 Å². The fourth-order valence-electron chi connectivity index (χ4n) is 2.56. The number of carboxylic acid groups (broad SMARTS) is 1. The van der Waals surface area contributed by atoms with Crippen LogP contribution in [0.5, 0.6) is 0 Å². The second-order valence-corrected chi connectivity index (χ2v) is 4.49. The van der Waals surface area contributed by atoms with E-state index in [-0.39, 0.29) is 11.3 Å². The standard InChI is InChI=1S/C10H16O3/c1-10(6-8(10)9(11)12)7-2-4-13-5-3-7/h7-8H,2-6H2,1H3,(H,11,12)/t8-,10-/m1/s1. The van der Waals surface area contributed by atoms with Gasteiger partial charge in [0.05, 0.1) is 5.92 Å². The van der Waals surface area contributed by atoms with Gasteiger partial charge in [-0.1, -0.05) is 6.92 Å². The maximum absolute atomic E-state index is 10.8. The number of aliphatic carboxylic acids is 1. The molecule has 1 N–H and O–H groups in total. The first-order valence-electron chi connectivity index (χ1n) is 4.95. The molecule has 1 saturated heterocycles. The largest absolute Gasteiger partial charge is 0.481 e. The number of carboxylic acids is 1. The number of ether oxygens (including phenoxy) is 1. The molecule has 1 aliphatic carbocycles. The summed E-state index contributed by atoms with van der Waals surface area (Å²) in [7, 11) is 0. The zero-order valence-corrected chi connectivity index (χ0v) is 7.95. The minimum absolute atomic E-state index is 0.0790. The zero-order chi connectivity index (χ0) is 9.47. The molecule has 0 spiro atoms. The van der Waals surface area contributed by atoms with Crippen molar-refractivity contribution >= 4 is 5.97 Å². The molecule has 2 rings (SSSR count). The van der Waals surface area contributed by atoms with Crippen LogP contribution in [0.4, 0.5) is 0 Å². The third kappa shape index (κ3) is 1.46. The quantitative estimate of drug-likeness (QED) is 0.707. The maximum Gasteiger partial charge on any atom is 0.307 e. The van der Waals surface area contributed by atoms with E-state index in [1.54, 1.807) is 0 Å². The average molecular weight is 184 g/mol. The normalized spacial score (nSPS) is 40.2. The molecule has 0 unspecified atom stereocenters. The molecule has 2 aliphatic rings. The van der Waals surface area contributed by atoms with Crippen molar-refractivity contribution in [3.05, 3.63) is 0 Å². The van der Waals surface area contributed by atoms with Gasteiger partial charge in [0.1, 0.15) is 0 Å². The molecule has 0 aromatic rings.